The third-order valence-corrected chi connectivity index (χ3v) is 5.78. The number of nitrogens with zero attached hydrogens (tertiary/aromatic N) is 1. The molecule has 0 spiro atoms. The van der Waals surface area contributed by atoms with Crippen LogP contribution in [0, 0.1) is 6.92 Å². The van der Waals surface area contributed by atoms with Gasteiger partial charge in [0.1, 0.15) is 18.9 Å². The van der Waals surface area contributed by atoms with Crippen LogP contribution in [0.15, 0.2) is 36.4 Å². The van der Waals surface area contributed by atoms with Crippen molar-refractivity contribution in [3.63, 3.8) is 0 Å². The average molecular weight is 466 g/mol. The SMILES string of the molecule is Cc1cccc(OCCNC(=O)CN(c2cc(Cl)c(Cl)cc2Cl)S(C)(=O)=O)c1. The van der Waals surface area contributed by atoms with E-state index in [1.807, 2.05) is 31.2 Å². The highest BCUT2D eigenvalue weighted by Gasteiger charge is 2.24. The van der Waals surface area contributed by atoms with E-state index in [0.29, 0.717) is 5.75 Å². The zero-order valence-electron chi connectivity index (χ0n) is 15.2. The second-order valence-electron chi connectivity index (χ2n) is 6.00. The Morgan fingerprint density at radius 1 is 1.11 bits per heavy atom. The summed E-state index contributed by atoms with van der Waals surface area (Å²) in [5.41, 5.74) is 1.13. The minimum Gasteiger partial charge on any atom is -0.492 e. The highest BCUT2D eigenvalue weighted by molar-refractivity contribution is 7.92. The van der Waals surface area contributed by atoms with Crippen LogP contribution in [0.5, 0.6) is 5.75 Å². The van der Waals surface area contributed by atoms with Crippen molar-refractivity contribution >= 4 is 56.4 Å². The lowest BCUT2D eigenvalue weighted by molar-refractivity contribution is -0.119. The molecule has 0 radical (unpaired) electrons. The van der Waals surface area contributed by atoms with Crippen molar-refractivity contribution in [2.24, 2.45) is 0 Å². The molecule has 2 rings (SSSR count). The van der Waals surface area contributed by atoms with Gasteiger partial charge < -0.3 is 10.1 Å². The molecule has 0 atom stereocenters. The molecule has 152 valence electrons. The predicted octanol–water partition coefficient (Wildman–Crippen LogP) is 3.92. The van der Waals surface area contributed by atoms with E-state index in [1.165, 1.54) is 12.1 Å². The molecule has 0 aliphatic carbocycles. The second kappa shape index (κ2) is 9.69. The summed E-state index contributed by atoms with van der Waals surface area (Å²) in [4.78, 5) is 12.2. The molecule has 0 saturated carbocycles. The first-order chi connectivity index (χ1) is 13.1. The van der Waals surface area contributed by atoms with Crippen LogP contribution in [-0.4, -0.2) is 40.3 Å². The lowest BCUT2D eigenvalue weighted by Gasteiger charge is -2.23. The van der Waals surface area contributed by atoms with Crippen molar-refractivity contribution < 1.29 is 17.9 Å². The van der Waals surface area contributed by atoms with Crippen LogP contribution < -0.4 is 14.4 Å². The van der Waals surface area contributed by atoms with Gasteiger partial charge in [0, 0.05) is 0 Å². The summed E-state index contributed by atoms with van der Waals surface area (Å²) in [6.07, 6.45) is 0.972. The molecule has 0 aliphatic rings. The summed E-state index contributed by atoms with van der Waals surface area (Å²) < 4.78 is 30.7. The Labute approximate surface area is 179 Å². The molecule has 0 heterocycles. The normalized spacial score (nSPS) is 11.2. The molecule has 2 aromatic rings. The number of halogens is 3. The molecule has 1 N–H and O–H groups in total. The van der Waals surface area contributed by atoms with Crippen LogP contribution in [0.3, 0.4) is 0 Å². The van der Waals surface area contributed by atoms with Gasteiger partial charge in [-0.05, 0) is 36.8 Å². The van der Waals surface area contributed by atoms with E-state index in [2.05, 4.69) is 5.32 Å². The molecule has 1 amide bonds. The number of amides is 1. The van der Waals surface area contributed by atoms with E-state index in [-0.39, 0.29) is 33.9 Å². The van der Waals surface area contributed by atoms with Crippen LogP contribution in [0.2, 0.25) is 15.1 Å². The van der Waals surface area contributed by atoms with E-state index in [9.17, 15) is 13.2 Å². The van der Waals surface area contributed by atoms with Crippen molar-refractivity contribution in [2.75, 3.05) is 30.3 Å². The summed E-state index contributed by atoms with van der Waals surface area (Å²) in [6, 6.07) is 10.1. The fourth-order valence-electron chi connectivity index (χ4n) is 2.34. The Kier molecular flexibility index (Phi) is 7.83. The second-order valence-corrected chi connectivity index (χ2v) is 9.13. The number of nitrogens with one attached hydrogen (secondary N) is 1. The van der Waals surface area contributed by atoms with Gasteiger partial charge in [0.05, 0.1) is 33.6 Å². The maximum Gasteiger partial charge on any atom is 0.240 e. The lowest BCUT2D eigenvalue weighted by Crippen LogP contribution is -2.41. The fourth-order valence-corrected chi connectivity index (χ4v) is 3.89. The van der Waals surface area contributed by atoms with Crippen molar-refractivity contribution in [2.45, 2.75) is 6.92 Å². The predicted molar refractivity (Wildman–Crippen MR) is 113 cm³/mol. The maximum absolute atomic E-state index is 12.2. The lowest BCUT2D eigenvalue weighted by atomic mass is 10.2. The largest absolute Gasteiger partial charge is 0.492 e. The van der Waals surface area contributed by atoms with Gasteiger partial charge in [-0.2, -0.15) is 0 Å². The first-order valence-corrected chi connectivity index (χ1v) is 11.1. The summed E-state index contributed by atoms with van der Waals surface area (Å²) in [6.45, 7) is 1.94. The number of ether oxygens (including phenoxy) is 1. The maximum atomic E-state index is 12.2. The molecule has 0 aromatic heterocycles. The van der Waals surface area contributed by atoms with Crippen LogP contribution in [0.1, 0.15) is 5.56 Å². The van der Waals surface area contributed by atoms with Gasteiger partial charge in [-0.3, -0.25) is 9.10 Å². The molecule has 0 bridgehead atoms. The Bertz CT molecular complexity index is 967. The number of anilines is 1. The molecule has 2 aromatic carbocycles. The number of hydrogen-bond acceptors (Lipinski definition) is 4. The smallest absolute Gasteiger partial charge is 0.240 e. The Hall–Kier alpha value is -1.67. The van der Waals surface area contributed by atoms with E-state index in [4.69, 9.17) is 39.5 Å². The summed E-state index contributed by atoms with van der Waals surface area (Å²) in [7, 11) is -3.79. The van der Waals surface area contributed by atoms with Crippen molar-refractivity contribution in [3.05, 3.63) is 57.0 Å². The van der Waals surface area contributed by atoms with E-state index in [0.717, 1.165) is 16.1 Å². The van der Waals surface area contributed by atoms with Gasteiger partial charge in [-0.15, -0.1) is 0 Å². The number of aryl methyl sites for hydroxylation is 1. The van der Waals surface area contributed by atoms with Gasteiger partial charge >= 0.3 is 0 Å². The Morgan fingerprint density at radius 3 is 2.43 bits per heavy atom. The molecular weight excluding hydrogens is 447 g/mol. The van der Waals surface area contributed by atoms with Gasteiger partial charge in [0.15, 0.2) is 0 Å². The molecule has 0 saturated heterocycles. The van der Waals surface area contributed by atoms with Crippen molar-refractivity contribution in [1.29, 1.82) is 0 Å². The van der Waals surface area contributed by atoms with Crippen LogP contribution >= 0.6 is 34.8 Å². The zero-order valence-corrected chi connectivity index (χ0v) is 18.3. The van der Waals surface area contributed by atoms with Gasteiger partial charge in [-0.25, -0.2) is 8.42 Å². The minimum atomic E-state index is -3.79. The zero-order chi connectivity index (χ0) is 20.9. The number of rotatable bonds is 8. The number of carbonyl (C=O) groups excluding carboxylic acids is 1. The third-order valence-electron chi connectivity index (χ3n) is 3.63. The summed E-state index contributed by atoms with van der Waals surface area (Å²) >= 11 is 17.9. The molecule has 6 nitrogen and oxygen atoms in total. The van der Waals surface area contributed by atoms with Crippen LogP contribution in [0.4, 0.5) is 5.69 Å². The third kappa shape index (κ3) is 6.44. The first kappa shape index (κ1) is 22.6. The van der Waals surface area contributed by atoms with Crippen LogP contribution in [-0.2, 0) is 14.8 Å². The number of carbonyl (C=O) groups is 1. The fraction of sp³-hybridized carbons (Fsp3) is 0.278. The molecule has 28 heavy (non-hydrogen) atoms. The summed E-state index contributed by atoms with van der Waals surface area (Å²) in [5.74, 6) is 0.176. The Morgan fingerprint density at radius 2 is 1.79 bits per heavy atom. The molecule has 0 fully saturated rings. The highest BCUT2D eigenvalue weighted by Crippen LogP contribution is 2.35. The topological polar surface area (TPSA) is 75.7 Å². The quantitative estimate of drug-likeness (QED) is 0.474. The number of hydrogen-bond donors (Lipinski definition) is 1. The Balaban J connectivity index is 1.99. The molecule has 10 heteroatoms. The van der Waals surface area contributed by atoms with E-state index in [1.54, 1.807) is 0 Å². The van der Waals surface area contributed by atoms with Crippen molar-refractivity contribution in [3.8, 4) is 5.75 Å². The van der Waals surface area contributed by atoms with Gasteiger partial charge in [0.2, 0.25) is 15.9 Å². The minimum absolute atomic E-state index is 0.0652. The molecule has 0 unspecified atom stereocenters. The van der Waals surface area contributed by atoms with E-state index < -0.39 is 22.5 Å². The van der Waals surface area contributed by atoms with Crippen LogP contribution in [0.25, 0.3) is 0 Å². The number of sulfonamides is 1. The first-order valence-electron chi connectivity index (χ1n) is 8.16. The summed E-state index contributed by atoms with van der Waals surface area (Å²) in [5, 5.41) is 2.99. The standard InChI is InChI=1S/C18H19Cl3N2O4S/c1-12-4-3-5-13(8-12)27-7-6-22-18(24)11-23(28(2,25)26)17-10-15(20)14(19)9-16(17)21/h3-5,8-10H,6-7,11H2,1-2H3,(H,22,24). The van der Waals surface area contributed by atoms with E-state index >= 15 is 0 Å². The average Bonchev–Trinajstić information content (AvgIpc) is 2.59. The molecular formula is C18H19Cl3N2O4S. The monoisotopic (exact) mass is 464 g/mol. The number of benzene rings is 2. The van der Waals surface area contributed by atoms with Crippen molar-refractivity contribution in [1.82, 2.24) is 5.32 Å². The highest BCUT2D eigenvalue weighted by atomic mass is 35.5. The van der Waals surface area contributed by atoms with Gasteiger partial charge in [0.25, 0.3) is 0 Å². The van der Waals surface area contributed by atoms with Gasteiger partial charge in [-0.1, -0.05) is 46.9 Å². The molecule has 0 aliphatic heterocycles.